The molecular formula is C29H26N2O2S. The van der Waals surface area contributed by atoms with E-state index in [4.69, 9.17) is 0 Å². The number of hydrogen-bond donors (Lipinski definition) is 0. The molecule has 1 aliphatic heterocycles. The molecule has 0 radical (unpaired) electrons. The Balaban J connectivity index is 1.44. The summed E-state index contributed by atoms with van der Waals surface area (Å²) in [5.74, 6) is -0.236. The minimum absolute atomic E-state index is 0.229. The van der Waals surface area contributed by atoms with E-state index in [1.165, 1.54) is 10.5 Å². The second-order valence-electron chi connectivity index (χ2n) is 8.59. The SMILES string of the molecule is CCc1ccc(-n2c(C)cc(/C=C3/SC(=O)N(Cc4cccc5ccccc45)C3=O)c2C)cc1. The van der Waals surface area contributed by atoms with Crippen LogP contribution in [0, 0.1) is 13.8 Å². The van der Waals surface area contributed by atoms with Crippen LogP contribution >= 0.6 is 11.8 Å². The van der Waals surface area contributed by atoms with Crippen molar-refractivity contribution in [1.29, 1.82) is 0 Å². The van der Waals surface area contributed by atoms with E-state index in [1.807, 2.05) is 55.5 Å². The summed E-state index contributed by atoms with van der Waals surface area (Å²) in [6, 6.07) is 24.6. The summed E-state index contributed by atoms with van der Waals surface area (Å²) in [5.41, 5.74) is 6.44. The van der Waals surface area contributed by atoms with Gasteiger partial charge in [0.1, 0.15) is 0 Å². The van der Waals surface area contributed by atoms with Crippen molar-refractivity contribution in [1.82, 2.24) is 9.47 Å². The Hall–Kier alpha value is -3.57. The quantitative estimate of drug-likeness (QED) is 0.296. The van der Waals surface area contributed by atoms with Gasteiger partial charge in [-0.15, -0.1) is 0 Å². The predicted octanol–water partition coefficient (Wildman–Crippen LogP) is 7.05. The van der Waals surface area contributed by atoms with Gasteiger partial charge >= 0.3 is 0 Å². The highest BCUT2D eigenvalue weighted by Crippen LogP contribution is 2.35. The number of hydrogen-bond acceptors (Lipinski definition) is 3. The molecule has 4 nitrogen and oxygen atoms in total. The van der Waals surface area contributed by atoms with Crippen molar-refractivity contribution in [3.63, 3.8) is 0 Å². The Labute approximate surface area is 203 Å². The highest BCUT2D eigenvalue weighted by Gasteiger charge is 2.35. The highest BCUT2D eigenvalue weighted by molar-refractivity contribution is 8.18. The zero-order valence-electron chi connectivity index (χ0n) is 19.5. The number of fused-ring (bicyclic) bond motifs is 1. The van der Waals surface area contributed by atoms with Gasteiger partial charge in [0.15, 0.2) is 0 Å². The maximum Gasteiger partial charge on any atom is 0.293 e. The van der Waals surface area contributed by atoms with Crippen molar-refractivity contribution in [2.75, 3.05) is 0 Å². The van der Waals surface area contributed by atoms with Gasteiger partial charge in [0.2, 0.25) is 0 Å². The molecule has 0 bridgehead atoms. The number of imide groups is 1. The maximum absolute atomic E-state index is 13.2. The molecule has 1 fully saturated rings. The molecule has 4 aromatic rings. The molecule has 0 saturated carbocycles. The van der Waals surface area contributed by atoms with E-state index >= 15 is 0 Å². The van der Waals surface area contributed by atoms with Crippen LogP contribution in [-0.2, 0) is 17.8 Å². The summed E-state index contributed by atoms with van der Waals surface area (Å²) in [4.78, 5) is 27.8. The van der Waals surface area contributed by atoms with Crippen molar-refractivity contribution in [2.24, 2.45) is 0 Å². The first-order valence-electron chi connectivity index (χ1n) is 11.5. The topological polar surface area (TPSA) is 42.3 Å². The Kier molecular flexibility index (Phi) is 5.88. The summed E-state index contributed by atoms with van der Waals surface area (Å²) < 4.78 is 2.19. The number of nitrogens with zero attached hydrogens (tertiary/aromatic N) is 2. The minimum Gasteiger partial charge on any atom is -0.318 e. The van der Waals surface area contributed by atoms with Crippen LogP contribution in [0.2, 0.25) is 0 Å². The Bertz CT molecular complexity index is 1440. The number of aryl methyl sites for hydroxylation is 2. The van der Waals surface area contributed by atoms with E-state index in [-0.39, 0.29) is 17.7 Å². The predicted molar refractivity (Wildman–Crippen MR) is 140 cm³/mol. The molecule has 1 aliphatic rings. The zero-order valence-corrected chi connectivity index (χ0v) is 20.4. The van der Waals surface area contributed by atoms with Gasteiger partial charge in [-0.3, -0.25) is 14.5 Å². The van der Waals surface area contributed by atoms with Gasteiger partial charge in [-0.2, -0.15) is 0 Å². The molecule has 3 aromatic carbocycles. The molecule has 0 unspecified atom stereocenters. The van der Waals surface area contributed by atoms with Crippen LogP contribution in [0.1, 0.15) is 35.0 Å². The van der Waals surface area contributed by atoms with E-state index in [9.17, 15) is 9.59 Å². The molecule has 0 spiro atoms. The molecule has 0 N–H and O–H groups in total. The molecule has 0 atom stereocenters. The lowest BCUT2D eigenvalue weighted by Crippen LogP contribution is -2.27. The number of benzene rings is 3. The monoisotopic (exact) mass is 466 g/mol. The minimum atomic E-state index is -0.236. The summed E-state index contributed by atoms with van der Waals surface area (Å²) >= 11 is 1.02. The Morgan fingerprint density at radius 2 is 1.65 bits per heavy atom. The van der Waals surface area contributed by atoms with Gasteiger partial charge in [-0.05, 0) is 83.8 Å². The number of amides is 2. The largest absolute Gasteiger partial charge is 0.318 e. The van der Waals surface area contributed by atoms with Gasteiger partial charge < -0.3 is 4.57 Å². The van der Waals surface area contributed by atoms with Crippen LogP contribution in [0.5, 0.6) is 0 Å². The average molecular weight is 467 g/mol. The number of aromatic nitrogens is 1. The first-order valence-corrected chi connectivity index (χ1v) is 12.3. The number of rotatable bonds is 5. The molecule has 34 heavy (non-hydrogen) atoms. The number of thioether (sulfide) groups is 1. The lowest BCUT2D eigenvalue weighted by molar-refractivity contribution is -0.123. The van der Waals surface area contributed by atoms with Crippen molar-refractivity contribution < 1.29 is 9.59 Å². The first-order chi connectivity index (χ1) is 16.5. The third-order valence-electron chi connectivity index (χ3n) is 6.44. The van der Waals surface area contributed by atoms with E-state index in [0.29, 0.717) is 4.91 Å². The summed E-state index contributed by atoms with van der Waals surface area (Å²) in [6.07, 6.45) is 2.86. The Morgan fingerprint density at radius 3 is 2.41 bits per heavy atom. The molecule has 170 valence electrons. The molecular weight excluding hydrogens is 440 g/mol. The first kappa shape index (κ1) is 22.2. The molecule has 2 amide bonds. The summed E-state index contributed by atoms with van der Waals surface area (Å²) in [6.45, 7) is 6.52. The fraction of sp³-hybridized carbons (Fsp3) is 0.172. The van der Waals surface area contributed by atoms with Crippen molar-refractivity contribution in [3.05, 3.63) is 106 Å². The van der Waals surface area contributed by atoms with Crippen LogP contribution in [0.15, 0.2) is 77.7 Å². The van der Waals surface area contributed by atoms with Crippen molar-refractivity contribution in [2.45, 2.75) is 33.7 Å². The Morgan fingerprint density at radius 1 is 0.912 bits per heavy atom. The van der Waals surface area contributed by atoms with Crippen LogP contribution in [0.25, 0.3) is 22.5 Å². The maximum atomic E-state index is 13.2. The third-order valence-corrected chi connectivity index (χ3v) is 7.35. The third kappa shape index (κ3) is 3.97. The van der Waals surface area contributed by atoms with Crippen LogP contribution in [-0.4, -0.2) is 20.6 Å². The van der Waals surface area contributed by atoms with Crippen LogP contribution < -0.4 is 0 Å². The lowest BCUT2D eigenvalue weighted by Gasteiger charge is -2.14. The van der Waals surface area contributed by atoms with E-state index in [2.05, 4.69) is 48.7 Å². The average Bonchev–Trinajstić information content (AvgIpc) is 3.28. The molecule has 1 aromatic heterocycles. The zero-order chi connectivity index (χ0) is 23.8. The fourth-order valence-corrected chi connectivity index (χ4v) is 5.42. The molecule has 1 saturated heterocycles. The van der Waals surface area contributed by atoms with Gasteiger partial charge in [-0.25, -0.2) is 0 Å². The molecule has 0 aliphatic carbocycles. The van der Waals surface area contributed by atoms with Gasteiger partial charge in [0, 0.05) is 17.1 Å². The van der Waals surface area contributed by atoms with Crippen molar-refractivity contribution >= 4 is 39.8 Å². The normalized spacial score (nSPS) is 15.1. The smallest absolute Gasteiger partial charge is 0.293 e. The van der Waals surface area contributed by atoms with Gasteiger partial charge in [-0.1, -0.05) is 61.5 Å². The van der Waals surface area contributed by atoms with E-state index in [0.717, 1.165) is 57.2 Å². The summed E-state index contributed by atoms with van der Waals surface area (Å²) in [7, 11) is 0. The standard InChI is InChI=1S/C29H26N2O2S/c1-4-21-12-14-25(15-13-21)31-19(2)16-24(20(31)3)17-27-28(32)30(29(33)34-27)18-23-10-7-9-22-8-5-6-11-26(22)23/h5-17H,4,18H2,1-3H3/b27-17+. The number of carbonyl (C=O) groups is 2. The van der Waals surface area contributed by atoms with Gasteiger partial charge in [0.25, 0.3) is 11.1 Å². The molecule has 5 rings (SSSR count). The second kappa shape index (κ2) is 8.99. The molecule has 5 heteroatoms. The number of carbonyl (C=O) groups excluding carboxylic acids is 2. The van der Waals surface area contributed by atoms with Crippen molar-refractivity contribution in [3.8, 4) is 5.69 Å². The van der Waals surface area contributed by atoms with Crippen LogP contribution in [0.4, 0.5) is 4.79 Å². The van der Waals surface area contributed by atoms with Crippen LogP contribution in [0.3, 0.4) is 0 Å². The molecule has 2 heterocycles. The fourth-order valence-electron chi connectivity index (χ4n) is 4.59. The van der Waals surface area contributed by atoms with Gasteiger partial charge in [0.05, 0.1) is 11.4 Å². The van der Waals surface area contributed by atoms with E-state index in [1.54, 1.807) is 0 Å². The summed E-state index contributed by atoms with van der Waals surface area (Å²) in [5, 5.41) is 1.93. The second-order valence-corrected chi connectivity index (χ2v) is 9.58. The van der Waals surface area contributed by atoms with E-state index < -0.39 is 0 Å². The lowest BCUT2D eigenvalue weighted by atomic mass is 10.0. The highest BCUT2D eigenvalue weighted by atomic mass is 32.2.